The molecule has 1 aliphatic carbocycles. The van der Waals surface area contributed by atoms with Crippen molar-refractivity contribution in [1.82, 2.24) is 5.32 Å². The van der Waals surface area contributed by atoms with Crippen LogP contribution in [-0.4, -0.2) is 33.0 Å². The topological polar surface area (TPSA) is 73.9 Å². The number of ketones is 1. The van der Waals surface area contributed by atoms with Crippen LogP contribution in [0.4, 0.5) is 0 Å². The first-order chi connectivity index (χ1) is 16.2. The average molecular weight is 464 g/mol. The molecule has 0 unspecified atom stereocenters. The van der Waals surface area contributed by atoms with Crippen LogP contribution in [0.25, 0.3) is 0 Å². The van der Waals surface area contributed by atoms with E-state index in [2.05, 4.69) is 50.4 Å². The average Bonchev–Trinajstić information content (AvgIpc) is 2.81. The quantitative estimate of drug-likeness (QED) is 0.674. The highest BCUT2D eigenvalue weighted by Crippen LogP contribution is 2.49. The lowest BCUT2D eigenvalue weighted by molar-refractivity contribution is -0.122. The maximum absolute atomic E-state index is 13.5. The zero-order valence-corrected chi connectivity index (χ0v) is 20.8. The molecule has 34 heavy (non-hydrogen) atoms. The second-order valence-electron chi connectivity index (χ2n) is 10.0. The van der Waals surface area contributed by atoms with Crippen molar-refractivity contribution in [2.24, 2.45) is 0 Å². The van der Waals surface area contributed by atoms with E-state index in [4.69, 9.17) is 14.2 Å². The molecule has 4 rings (SSSR count). The molecule has 0 bridgehead atoms. The van der Waals surface area contributed by atoms with Crippen LogP contribution < -0.4 is 19.5 Å². The van der Waals surface area contributed by atoms with Gasteiger partial charge in [0.05, 0.1) is 21.3 Å². The Labute approximate surface area is 201 Å². The van der Waals surface area contributed by atoms with Crippen LogP contribution in [0, 0.1) is 0 Å². The van der Waals surface area contributed by atoms with Gasteiger partial charge < -0.3 is 19.5 Å². The Hall–Kier alpha value is -3.28. The molecule has 6 nitrogen and oxygen atoms in total. The molecule has 0 spiro atoms. The third-order valence-corrected chi connectivity index (χ3v) is 6.89. The molecule has 0 fully saturated rings. The van der Waals surface area contributed by atoms with E-state index in [1.807, 2.05) is 6.07 Å². The number of carbonyl (C=O) groups is 2. The first-order valence-electron chi connectivity index (χ1n) is 11.6. The predicted octanol–water partition coefficient (Wildman–Crippen LogP) is 5.01. The van der Waals surface area contributed by atoms with E-state index in [0.29, 0.717) is 35.7 Å². The third kappa shape index (κ3) is 4.29. The summed E-state index contributed by atoms with van der Waals surface area (Å²) in [6, 6.07) is 12.2. The van der Waals surface area contributed by atoms with Crippen LogP contribution in [0.1, 0.15) is 68.6 Å². The Balaban J connectivity index is 1.72. The van der Waals surface area contributed by atoms with Gasteiger partial charge in [0.15, 0.2) is 17.3 Å². The van der Waals surface area contributed by atoms with Crippen molar-refractivity contribution in [3.8, 4) is 17.2 Å². The number of Topliss-reactive ketones (excluding diaryl/α,β-unsaturated/α-hetero) is 1. The van der Waals surface area contributed by atoms with Crippen LogP contribution in [0.2, 0.25) is 0 Å². The fourth-order valence-corrected chi connectivity index (χ4v) is 5.12. The molecule has 2 aliphatic rings. The molecule has 2 aromatic rings. The van der Waals surface area contributed by atoms with E-state index in [-0.39, 0.29) is 29.4 Å². The van der Waals surface area contributed by atoms with Gasteiger partial charge in [-0.25, -0.2) is 0 Å². The van der Waals surface area contributed by atoms with E-state index < -0.39 is 5.92 Å². The largest absolute Gasteiger partial charge is 0.493 e. The van der Waals surface area contributed by atoms with Crippen LogP contribution >= 0.6 is 0 Å². The number of hydrogen-bond acceptors (Lipinski definition) is 5. The molecule has 1 N–H and O–H groups in total. The van der Waals surface area contributed by atoms with E-state index in [1.165, 1.54) is 5.56 Å². The Morgan fingerprint density at radius 1 is 0.824 bits per heavy atom. The van der Waals surface area contributed by atoms with Crippen LogP contribution in [0.3, 0.4) is 0 Å². The zero-order chi connectivity index (χ0) is 24.6. The van der Waals surface area contributed by atoms with E-state index >= 15 is 0 Å². The molecular weight excluding hydrogens is 430 g/mol. The number of amides is 1. The van der Waals surface area contributed by atoms with Gasteiger partial charge in [-0.05, 0) is 34.9 Å². The molecule has 180 valence electrons. The van der Waals surface area contributed by atoms with Crippen LogP contribution in [0.15, 0.2) is 47.7 Å². The second-order valence-corrected chi connectivity index (χ2v) is 10.0. The van der Waals surface area contributed by atoms with Gasteiger partial charge in [0, 0.05) is 35.6 Å². The number of carbonyl (C=O) groups excluding carboxylic acids is 2. The number of hydrogen-bond donors (Lipinski definition) is 1. The summed E-state index contributed by atoms with van der Waals surface area (Å²) in [5.41, 5.74) is 4.59. The third-order valence-electron chi connectivity index (χ3n) is 6.89. The van der Waals surface area contributed by atoms with Gasteiger partial charge in [0.1, 0.15) is 0 Å². The molecule has 1 amide bonds. The van der Waals surface area contributed by atoms with Gasteiger partial charge in [-0.15, -0.1) is 0 Å². The molecule has 2 atom stereocenters. The van der Waals surface area contributed by atoms with E-state index in [9.17, 15) is 9.59 Å². The first-order valence-corrected chi connectivity index (χ1v) is 11.6. The monoisotopic (exact) mass is 463 g/mol. The summed E-state index contributed by atoms with van der Waals surface area (Å²) < 4.78 is 16.6. The van der Waals surface area contributed by atoms with Gasteiger partial charge in [-0.1, -0.05) is 51.1 Å². The normalized spacial score (nSPS) is 20.5. The van der Waals surface area contributed by atoms with E-state index in [1.54, 1.807) is 27.4 Å². The number of rotatable bonds is 5. The molecule has 2 aromatic carbocycles. The lowest BCUT2D eigenvalue weighted by atomic mass is 9.73. The van der Waals surface area contributed by atoms with Gasteiger partial charge in [-0.2, -0.15) is 0 Å². The molecule has 0 saturated carbocycles. The van der Waals surface area contributed by atoms with Crippen molar-refractivity contribution in [2.45, 2.75) is 57.3 Å². The van der Waals surface area contributed by atoms with Crippen molar-refractivity contribution in [2.75, 3.05) is 21.3 Å². The number of benzene rings is 2. The second kappa shape index (κ2) is 9.16. The van der Waals surface area contributed by atoms with Crippen LogP contribution in [0.5, 0.6) is 17.2 Å². The van der Waals surface area contributed by atoms with Crippen LogP contribution in [-0.2, 0) is 15.0 Å². The maximum Gasteiger partial charge on any atom is 0.225 e. The summed E-state index contributed by atoms with van der Waals surface area (Å²) in [5.74, 6) is 1.08. The zero-order valence-electron chi connectivity index (χ0n) is 20.8. The fourth-order valence-electron chi connectivity index (χ4n) is 5.12. The van der Waals surface area contributed by atoms with Crippen molar-refractivity contribution >= 4 is 11.7 Å². The van der Waals surface area contributed by atoms with Gasteiger partial charge >= 0.3 is 0 Å². The number of nitrogens with one attached hydrogen (secondary N) is 1. The Morgan fingerprint density at radius 3 is 2.09 bits per heavy atom. The Morgan fingerprint density at radius 2 is 1.50 bits per heavy atom. The van der Waals surface area contributed by atoms with Gasteiger partial charge in [-0.3, -0.25) is 9.59 Å². The highest BCUT2D eigenvalue weighted by Gasteiger charge is 2.40. The summed E-state index contributed by atoms with van der Waals surface area (Å²) in [4.78, 5) is 26.2. The lowest BCUT2D eigenvalue weighted by Crippen LogP contribution is -2.38. The minimum atomic E-state index is -0.393. The van der Waals surface area contributed by atoms with Gasteiger partial charge in [0.25, 0.3) is 0 Å². The van der Waals surface area contributed by atoms with E-state index in [0.717, 1.165) is 16.8 Å². The summed E-state index contributed by atoms with van der Waals surface area (Å²) in [5, 5.41) is 3.00. The Bertz CT molecular complexity index is 1140. The molecule has 1 heterocycles. The summed E-state index contributed by atoms with van der Waals surface area (Å²) in [7, 11) is 4.66. The standard InChI is InChI=1S/C28H33NO5/c1-28(2,3)18-9-7-16(8-10-18)17-13-21-25(22(30)14-17)20(15-24(31)29-21)19-11-12-23(32-4)27(34-6)26(19)33-5/h7-12,17,20H,13-15H2,1-6H3,(H,29,31)/t17-,20+/m0/s1. The summed E-state index contributed by atoms with van der Waals surface area (Å²) in [6.07, 6.45) is 1.21. The SMILES string of the molecule is COc1ccc([C@H]2CC(=O)NC3=C2C(=O)C[C@@H](c2ccc(C(C)(C)C)cc2)C3)c(OC)c1OC. The maximum atomic E-state index is 13.5. The molecular formula is C28H33NO5. The lowest BCUT2D eigenvalue weighted by Gasteiger charge is -2.35. The molecule has 6 heteroatoms. The van der Waals surface area contributed by atoms with Crippen molar-refractivity contribution in [1.29, 1.82) is 0 Å². The van der Waals surface area contributed by atoms with Crippen molar-refractivity contribution in [3.05, 3.63) is 64.4 Å². The number of allylic oxidation sites excluding steroid dienone is 2. The first kappa shape index (κ1) is 23.9. The summed E-state index contributed by atoms with van der Waals surface area (Å²) >= 11 is 0. The predicted molar refractivity (Wildman–Crippen MR) is 131 cm³/mol. The minimum Gasteiger partial charge on any atom is -0.493 e. The number of methoxy groups -OCH3 is 3. The van der Waals surface area contributed by atoms with Crippen molar-refractivity contribution < 1.29 is 23.8 Å². The highest BCUT2D eigenvalue weighted by molar-refractivity contribution is 6.02. The fraction of sp³-hybridized carbons (Fsp3) is 0.429. The van der Waals surface area contributed by atoms with Crippen molar-refractivity contribution in [3.63, 3.8) is 0 Å². The molecule has 1 aliphatic heterocycles. The summed E-state index contributed by atoms with van der Waals surface area (Å²) in [6.45, 7) is 6.55. The molecule has 0 saturated heterocycles. The Kier molecular flexibility index (Phi) is 6.43. The smallest absolute Gasteiger partial charge is 0.225 e. The minimum absolute atomic E-state index is 0.0339. The molecule has 0 radical (unpaired) electrons. The van der Waals surface area contributed by atoms with Gasteiger partial charge in [0.2, 0.25) is 11.7 Å². The highest BCUT2D eigenvalue weighted by atomic mass is 16.5. The molecule has 0 aromatic heterocycles. The number of ether oxygens (including phenoxy) is 3.